The van der Waals surface area contributed by atoms with Crippen molar-refractivity contribution in [1.82, 2.24) is 24.8 Å². The smallest absolute Gasteiger partial charge is 0.222 e. The number of ether oxygens (including phenoxy) is 1. The van der Waals surface area contributed by atoms with Crippen molar-refractivity contribution in [2.75, 3.05) is 56.2 Å². The molecule has 1 aliphatic heterocycles. The van der Waals surface area contributed by atoms with Crippen molar-refractivity contribution in [2.45, 2.75) is 34.1 Å². The normalized spacial score (nSPS) is 13.4. The lowest BCUT2D eigenvalue weighted by molar-refractivity contribution is 0.0378. The number of nitrogens with two attached hydrogens (primary N) is 2. The summed E-state index contributed by atoms with van der Waals surface area (Å²) in [5.74, 6) is 1.28. The van der Waals surface area contributed by atoms with E-state index < -0.39 is 0 Å². The van der Waals surface area contributed by atoms with E-state index >= 15 is 0 Å². The number of hydrogen-bond donors (Lipinski definition) is 3. The summed E-state index contributed by atoms with van der Waals surface area (Å²) in [6.07, 6.45) is 1.06. The highest BCUT2D eigenvalue weighted by Gasteiger charge is 2.11. The Morgan fingerprint density at radius 2 is 1.37 bits per heavy atom. The van der Waals surface area contributed by atoms with Gasteiger partial charge in [0.25, 0.3) is 0 Å². The van der Waals surface area contributed by atoms with Crippen molar-refractivity contribution >= 4 is 29.3 Å². The van der Waals surface area contributed by atoms with Crippen molar-refractivity contribution in [2.24, 2.45) is 0 Å². The van der Waals surface area contributed by atoms with Crippen LogP contribution in [0.25, 0.3) is 22.5 Å². The Bertz CT molecular complexity index is 1450. The second-order valence-corrected chi connectivity index (χ2v) is 10.5. The monoisotopic (exact) mass is 574 g/mol. The van der Waals surface area contributed by atoms with Gasteiger partial charge in [-0.15, -0.1) is 0 Å². The molecule has 10 heteroatoms. The van der Waals surface area contributed by atoms with Gasteiger partial charge in [0.1, 0.15) is 11.0 Å². The van der Waals surface area contributed by atoms with E-state index in [1.54, 1.807) is 6.07 Å². The molecule has 0 spiro atoms. The number of anilines is 3. The van der Waals surface area contributed by atoms with Gasteiger partial charge in [-0.05, 0) is 62.9 Å². The maximum atomic E-state index is 5.92. The molecular formula is C31H39ClN8O. The number of morpholine rings is 1. The first-order valence-corrected chi connectivity index (χ1v) is 14.2. The van der Waals surface area contributed by atoms with Crippen molar-refractivity contribution in [3.05, 3.63) is 75.9 Å². The molecule has 1 fully saturated rings. The maximum Gasteiger partial charge on any atom is 0.222 e. The highest BCUT2D eigenvalue weighted by atomic mass is 35.5. The van der Waals surface area contributed by atoms with E-state index in [1.165, 1.54) is 22.3 Å². The first kappa shape index (κ1) is 30.2. The van der Waals surface area contributed by atoms with Crippen molar-refractivity contribution in [3.63, 3.8) is 0 Å². The number of rotatable bonds is 7. The predicted molar refractivity (Wildman–Crippen MR) is 168 cm³/mol. The van der Waals surface area contributed by atoms with E-state index in [0.717, 1.165) is 74.1 Å². The molecule has 1 saturated heterocycles. The van der Waals surface area contributed by atoms with Crippen LogP contribution in [-0.2, 0) is 4.74 Å². The molecule has 216 valence electrons. The number of nitrogens with one attached hydrogen (secondary N) is 1. The summed E-state index contributed by atoms with van der Waals surface area (Å²) >= 11 is 5.86. The van der Waals surface area contributed by atoms with Crippen LogP contribution in [0.2, 0.25) is 5.15 Å². The molecule has 0 bridgehead atoms. The van der Waals surface area contributed by atoms with Gasteiger partial charge in [-0.2, -0.15) is 4.98 Å². The molecule has 4 aromatic rings. The van der Waals surface area contributed by atoms with Crippen LogP contribution in [0, 0.1) is 27.7 Å². The summed E-state index contributed by atoms with van der Waals surface area (Å²) < 4.78 is 5.37. The molecule has 5 rings (SSSR count). The van der Waals surface area contributed by atoms with E-state index in [2.05, 4.69) is 76.0 Å². The summed E-state index contributed by atoms with van der Waals surface area (Å²) in [5, 5.41) is 3.74. The number of aryl methyl sites for hydroxylation is 2. The zero-order chi connectivity index (χ0) is 29.4. The maximum absolute atomic E-state index is 5.92. The largest absolute Gasteiger partial charge is 0.379 e. The molecule has 1 aliphatic rings. The van der Waals surface area contributed by atoms with Gasteiger partial charge in [0.2, 0.25) is 11.9 Å². The summed E-state index contributed by atoms with van der Waals surface area (Å²) in [4.78, 5) is 19.2. The zero-order valence-corrected chi connectivity index (χ0v) is 25.0. The second kappa shape index (κ2) is 14.2. The molecule has 2 aromatic heterocycles. The Labute approximate surface area is 247 Å². The number of aromatic nitrogens is 4. The van der Waals surface area contributed by atoms with Crippen LogP contribution in [0.15, 0.2) is 48.5 Å². The van der Waals surface area contributed by atoms with Crippen LogP contribution in [-0.4, -0.2) is 64.2 Å². The topological polar surface area (TPSA) is 128 Å². The number of benzene rings is 2. The van der Waals surface area contributed by atoms with Gasteiger partial charge in [-0.25, -0.2) is 15.0 Å². The van der Waals surface area contributed by atoms with E-state index in [1.807, 2.05) is 24.3 Å². The Kier molecular flexibility index (Phi) is 10.5. The SMILES string of the molecule is Cc1cccc(-c2cc(Cl)nc(N)n2)c1C.Cc1cccc(-c2cc(NCCCN3CCOCC3)nc(N)n2)c1C. The third kappa shape index (κ3) is 8.36. The van der Waals surface area contributed by atoms with Crippen LogP contribution in [0.1, 0.15) is 28.7 Å². The highest BCUT2D eigenvalue weighted by molar-refractivity contribution is 6.29. The van der Waals surface area contributed by atoms with Crippen molar-refractivity contribution in [1.29, 1.82) is 0 Å². The molecule has 2 aromatic carbocycles. The Hall–Kier alpha value is -3.79. The van der Waals surface area contributed by atoms with Gasteiger partial charge >= 0.3 is 0 Å². The fourth-order valence-electron chi connectivity index (χ4n) is 4.67. The standard InChI is InChI=1S/C19H27N5O.C12H12ClN3/c1-14-5-3-6-16(15(14)2)17-13-18(23-19(20)22-17)21-7-4-8-24-9-11-25-12-10-24;1-7-4-3-5-9(8(7)2)10-6-11(13)16-12(14)15-10/h3,5-6,13H,4,7-12H2,1-2H3,(H3,20,21,22,23);3-6H,1-2H3,(H2,14,15,16). The molecule has 0 radical (unpaired) electrons. The zero-order valence-electron chi connectivity index (χ0n) is 24.2. The summed E-state index contributed by atoms with van der Waals surface area (Å²) in [7, 11) is 0. The molecule has 0 atom stereocenters. The van der Waals surface area contributed by atoms with Crippen LogP contribution in [0.4, 0.5) is 17.7 Å². The molecule has 0 saturated carbocycles. The average molecular weight is 575 g/mol. The number of nitrogens with zero attached hydrogens (tertiary/aromatic N) is 5. The van der Waals surface area contributed by atoms with E-state index in [4.69, 9.17) is 27.8 Å². The van der Waals surface area contributed by atoms with Gasteiger partial charge in [-0.1, -0.05) is 48.0 Å². The quantitative estimate of drug-likeness (QED) is 0.194. The molecule has 9 nitrogen and oxygen atoms in total. The van der Waals surface area contributed by atoms with Gasteiger partial charge in [0.15, 0.2) is 0 Å². The fraction of sp³-hybridized carbons (Fsp3) is 0.355. The van der Waals surface area contributed by atoms with Gasteiger partial charge in [0, 0.05) is 42.9 Å². The minimum atomic E-state index is 0.198. The Morgan fingerprint density at radius 1 is 0.805 bits per heavy atom. The van der Waals surface area contributed by atoms with Crippen molar-refractivity contribution < 1.29 is 4.74 Å². The summed E-state index contributed by atoms with van der Waals surface area (Å²) in [5.41, 5.74) is 20.1. The molecule has 3 heterocycles. The molecule has 0 aliphatic carbocycles. The summed E-state index contributed by atoms with van der Waals surface area (Å²) in [6.45, 7) is 14.0. The lowest BCUT2D eigenvalue weighted by Crippen LogP contribution is -2.37. The van der Waals surface area contributed by atoms with Crippen LogP contribution in [0.5, 0.6) is 0 Å². The minimum absolute atomic E-state index is 0.198. The van der Waals surface area contributed by atoms with Crippen LogP contribution < -0.4 is 16.8 Å². The number of hydrogen-bond acceptors (Lipinski definition) is 9. The van der Waals surface area contributed by atoms with Gasteiger partial charge in [0.05, 0.1) is 24.6 Å². The average Bonchev–Trinajstić information content (AvgIpc) is 2.94. The molecule has 41 heavy (non-hydrogen) atoms. The molecule has 0 unspecified atom stereocenters. The predicted octanol–water partition coefficient (Wildman–Crippen LogP) is 5.47. The first-order valence-electron chi connectivity index (χ1n) is 13.8. The molecule has 0 amide bonds. The Morgan fingerprint density at radius 3 is 1.95 bits per heavy atom. The fourth-order valence-corrected chi connectivity index (χ4v) is 4.86. The number of halogens is 1. The van der Waals surface area contributed by atoms with Crippen LogP contribution >= 0.6 is 11.6 Å². The van der Waals surface area contributed by atoms with Gasteiger partial charge < -0.3 is 21.5 Å². The highest BCUT2D eigenvalue weighted by Crippen LogP contribution is 2.27. The lowest BCUT2D eigenvalue weighted by atomic mass is 10.0. The second-order valence-electron chi connectivity index (χ2n) is 10.2. The van der Waals surface area contributed by atoms with Gasteiger partial charge in [-0.3, -0.25) is 4.90 Å². The number of nitrogen functional groups attached to an aromatic ring is 2. The molecule has 5 N–H and O–H groups in total. The van der Waals surface area contributed by atoms with E-state index in [-0.39, 0.29) is 5.95 Å². The summed E-state index contributed by atoms with van der Waals surface area (Å²) in [6, 6.07) is 16.0. The lowest BCUT2D eigenvalue weighted by Gasteiger charge is -2.26. The third-order valence-electron chi connectivity index (χ3n) is 7.28. The Balaban J connectivity index is 0.000000208. The minimum Gasteiger partial charge on any atom is -0.379 e. The van der Waals surface area contributed by atoms with Crippen LogP contribution in [0.3, 0.4) is 0 Å². The molecular weight excluding hydrogens is 536 g/mol. The third-order valence-corrected chi connectivity index (χ3v) is 7.47. The van der Waals surface area contributed by atoms with E-state index in [9.17, 15) is 0 Å². The van der Waals surface area contributed by atoms with E-state index in [0.29, 0.717) is 11.1 Å². The first-order chi connectivity index (χ1) is 19.7. The van der Waals surface area contributed by atoms with Crippen molar-refractivity contribution in [3.8, 4) is 22.5 Å².